The zero-order valence-corrected chi connectivity index (χ0v) is 23.2. The molecule has 8 nitrogen and oxygen atoms in total. The summed E-state index contributed by atoms with van der Waals surface area (Å²) >= 11 is 2.46. The highest BCUT2D eigenvalue weighted by Gasteiger charge is 2.23. The molecule has 6 rings (SSSR count). The Morgan fingerprint density at radius 1 is 0.825 bits per heavy atom. The molecule has 0 aliphatic heterocycles. The highest BCUT2D eigenvalue weighted by atomic mass is 32.1. The minimum absolute atomic E-state index is 0.230. The normalized spacial score (nSPS) is 10.9. The SMILES string of the molecule is COc1ccc(-c2cc(-c3ccc(OC)cc3)c3c(N)c(C(=O)Nc4nsc(-c5ccccc5)n4)sc3n2)cc1. The third kappa shape index (κ3) is 4.86. The molecule has 0 fully saturated rings. The Bertz CT molecular complexity index is 1820. The average Bonchev–Trinajstić information content (AvgIpc) is 3.61. The van der Waals surface area contributed by atoms with Crippen LogP contribution in [0, 0.1) is 0 Å². The molecule has 3 N–H and O–H groups in total. The van der Waals surface area contributed by atoms with E-state index in [9.17, 15) is 4.79 Å². The lowest BCUT2D eigenvalue weighted by Gasteiger charge is -2.10. The average molecular weight is 566 g/mol. The van der Waals surface area contributed by atoms with Gasteiger partial charge in [-0.3, -0.25) is 10.1 Å². The number of carbonyl (C=O) groups excluding carboxylic acids is 1. The number of ether oxygens (including phenoxy) is 2. The van der Waals surface area contributed by atoms with Crippen molar-refractivity contribution in [1.29, 1.82) is 0 Å². The van der Waals surface area contributed by atoms with Gasteiger partial charge < -0.3 is 15.2 Å². The molecule has 0 aliphatic carbocycles. The summed E-state index contributed by atoms with van der Waals surface area (Å²) in [5.74, 6) is 1.34. The summed E-state index contributed by atoms with van der Waals surface area (Å²) in [7, 11) is 3.26. The Labute approximate surface area is 238 Å². The maximum absolute atomic E-state index is 13.4. The maximum Gasteiger partial charge on any atom is 0.270 e. The van der Waals surface area contributed by atoms with E-state index in [0.717, 1.165) is 39.4 Å². The topological polar surface area (TPSA) is 112 Å². The Hall–Kier alpha value is -4.80. The Balaban J connectivity index is 1.41. The van der Waals surface area contributed by atoms with Crippen LogP contribution in [0.3, 0.4) is 0 Å². The summed E-state index contributed by atoms with van der Waals surface area (Å²) < 4.78 is 15.0. The monoisotopic (exact) mass is 565 g/mol. The quantitative estimate of drug-likeness (QED) is 0.214. The summed E-state index contributed by atoms with van der Waals surface area (Å²) in [6.07, 6.45) is 0. The van der Waals surface area contributed by atoms with Crippen LogP contribution in [0.1, 0.15) is 9.67 Å². The molecule has 0 radical (unpaired) electrons. The fourth-order valence-electron chi connectivity index (χ4n) is 4.33. The summed E-state index contributed by atoms with van der Waals surface area (Å²) in [4.78, 5) is 23.8. The van der Waals surface area contributed by atoms with Crippen molar-refractivity contribution in [3.63, 3.8) is 0 Å². The highest BCUT2D eigenvalue weighted by molar-refractivity contribution is 7.21. The lowest BCUT2D eigenvalue weighted by Crippen LogP contribution is -2.13. The minimum Gasteiger partial charge on any atom is -0.497 e. The molecule has 0 bridgehead atoms. The molecule has 10 heteroatoms. The van der Waals surface area contributed by atoms with E-state index in [1.807, 2.05) is 84.9 Å². The summed E-state index contributed by atoms with van der Waals surface area (Å²) in [5, 5.41) is 4.24. The molecule has 0 aliphatic rings. The van der Waals surface area contributed by atoms with Crippen LogP contribution >= 0.6 is 22.9 Å². The molecule has 0 atom stereocenters. The number of benzene rings is 3. The van der Waals surface area contributed by atoms with Crippen LogP contribution in [0.5, 0.6) is 11.5 Å². The Kier molecular flexibility index (Phi) is 6.85. The van der Waals surface area contributed by atoms with Gasteiger partial charge in [-0.2, -0.15) is 9.36 Å². The van der Waals surface area contributed by atoms with Crippen molar-refractivity contribution in [3.05, 3.63) is 89.8 Å². The first-order valence-electron chi connectivity index (χ1n) is 12.3. The van der Waals surface area contributed by atoms with Gasteiger partial charge >= 0.3 is 0 Å². The zero-order valence-electron chi connectivity index (χ0n) is 21.5. The number of carbonyl (C=O) groups is 1. The standard InChI is InChI=1S/C30H23N5O3S2/c1-37-20-12-8-17(9-13-20)22-16-23(18-10-14-21(38-2)15-11-18)32-29-24(22)25(31)26(39-29)27(36)33-30-34-28(40-35-30)19-6-4-3-5-7-19/h3-16H,31H2,1-2H3,(H,33,35,36). The molecule has 3 heterocycles. The minimum atomic E-state index is -0.385. The van der Waals surface area contributed by atoms with Gasteiger partial charge in [-0.1, -0.05) is 42.5 Å². The van der Waals surface area contributed by atoms with Crippen LogP contribution in [0.4, 0.5) is 11.6 Å². The van der Waals surface area contributed by atoms with Gasteiger partial charge in [0.15, 0.2) is 0 Å². The van der Waals surface area contributed by atoms with Gasteiger partial charge in [-0.05, 0) is 65.1 Å². The number of amides is 1. The van der Waals surface area contributed by atoms with Crippen molar-refractivity contribution in [1.82, 2.24) is 14.3 Å². The Morgan fingerprint density at radius 3 is 2.12 bits per heavy atom. The van der Waals surface area contributed by atoms with Gasteiger partial charge in [0.05, 0.1) is 25.6 Å². The third-order valence-electron chi connectivity index (χ3n) is 6.36. The number of nitrogens with two attached hydrogens (primary N) is 1. The molecule has 0 saturated heterocycles. The molecule has 0 unspecified atom stereocenters. The number of methoxy groups -OCH3 is 2. The lowest BCUT2D eigenvalue weighted by molar-refractivity contribution is 0.103. The number of nitrogen functional groups attached to an aromatic ring is 1. The second kappa shape index (κ2) is 10.8. The van der Waals surface area contributed by atoms with Gasteiger partial charge in [0.2, 0.25) is 5.95 Å². The predicted molar refractivity (Wildman–Crippen MR) is 161 cm³/mol. The molecule has 6 aromatic rings. The molecule has 3 aromatic heterocycles. The van der Waals surface area contributed by atoms with E-state index in [-0.39, 0.29) is 11.9 Å². The van der Waals surface area contributed by atoms with Gasteiger partial charge in [0.25, 0.3) is 5.91 Å². The van der Waals surface area contributed by atoms with Crippen LogP contribution in [-0.4, -0.2) is 34.5 Å². The smallest absolute Gasteiger partial charge is 0.270 e. The number of anilines is 2. The van der Waals surface area contributed by atoms with Crippen molar-refractivity contribution in [2.45, 2.75) is 0 Å². The van der Waals surface area contributed by atoms with Crippen LogP contribution < -0.4 is 20.5 Å². The number of aromatic nitrogens is 3. The van der Waals surface area contributed by atoms with Crippen LogP contribution in [-0.2, 0) is 0 Å². The van der Waals surface area contributed by atoms with Crippen LogP contribution in [0.15, 0.2) is 84.9 Å². The number of nitrogens with one attached hydrogen (secondary N) is 1. The first kappa shape index (κ1) is 25.5. The molecule has 40 heavy (non-hydrogen) atoms. The molecule has 198 valence electrons. The maximum atomic E-state index is 13.4. The van der Waals surface area contributed by atoms with E-state index in [1.54, 1.807) is 14.2 Å². The van der Waals surface area contributed by atoms with Crippen molar-refractivity contribution >= 4 is 50.6 Å². The third-order valence-corrected chi connectivity index (χ3v) is 8.23. The highest BCUT2D eigenvalue weighted by Crippen LogP contribution is 2.42. The molecular formula is C30H23N5O3S2. The number of pyridine rings is 1. The van der Waals surface area contributed by atoms with E-state index in [0.29, 0.717) is 25.8 Å². The van der Waals surface area contributed by atoms with Crippen molar-refractivity contribution in [2.24, 2.45) is 0 Å². The zero-order chi connectivity index (χ0) is 27.6. The second-order valence-corrected chi connectivity index (χ2v) is 10.5. The fraction of sp³-hybridized carbons (Fsp3) is 0.0667. The van der Waals surface area contributed by atoms with E-state index in [4.69, 9.17) is 20.2 Å². The van der Waals surface area contributed by atoms with Gasteiger partial charge in [-0.15, -0.1) is 11.3 Å². The molecule has 3 aromatic carbocycles. The molecule has 1 amide bonds. The largest absolute Gasteiger partial charge is 0.497 e. The molecule has 0 saturated carbocycles. The lowest BCUT2D eigenvalue weighted by atomic mass is 9.99. The molecule has 0 spiro atoms. The summed E-state index contributed by atoms with van der Waals surface area (Å²) in [6, 6.07) is 27.1. The summed E-state index contributed by atoms with van der Waals surface area (Å²) in [5.41, 5.74) is 11.4. The number of thiophene rings is 1. The summed E-state index contributed by atoms with van der Waals surface area (Å²) in [6.45, 7) is 0. The number of hydrogen-bond donors (Lipinski definition) is 2. The Morgan fingerprint density at radius 2 is 1.48 bits per heavy atom. The van der Waals surface area contributed by atoms with E-state index in [2.05, 4.69) is 14.7 Å². The number of fused-ring (bicyclic) bond motifs is 1. The predicted octanol–water partition coefficient (Wildman–Crippen LogP) is 7.00. The second-order valence-electron chi connectivity index (χ2n) is 8.78. The van der Waals surface area contributed by atoms with Crippen molar-refractivity contribution in [3.8, 4) is 44.5 Å². The first-order chi connectivity index (χ1) is 19.5. The number of hydrogen-bond acceptors (Lipinski definition) is 9. The van der Waals surface area contributed by atoms with E-state index < -0.39 is 0 Å². The molecular weight excluding hydrogens is 542 g/mol. The van der Waals surface area contributed by atoms with Gasteiger partial charge in [0, 0.05) is 16.5 Å². The fourth-order valence-corrected chi connectivity index (χ4v) is 5.97. The van der Waals surface area contributed by atoms with E-state index in [1.165, 1.54) is 22.9 Å². The van der Waals surface area contributed by atoms with Crippen molar-refractivity contribution < 1.29 is 14.3 Å². The van der Waals surface area contributed by atoms with Gasteiger partial charge in [-0.25, -0.2) is 4.98 Å². The van der Waals surface area contributed by atoms with Gasteiger partial charge in [0.1, 0.15) is 26.2 Å². The van der Waals surface area contributed by atoms with Crippen LogP contribution in [0.2, 0.25) is 0 Å². The number of nitrogens with zero attached hydrogens (tertiary/aromatic N) is 3. The van der Waals surface area contributed by atoms with Crippen LogP contribution in [0.25, 0.3) is 43.2 Å². The number of rotatable bonds is 7. The first-order valence-corrected chi connectivity index (χ1v) is 13.9. The van der Waals surface area contributed by atoms with E-state index >= 15 is 0 Å². The van der Waals surface area contributed by atoms with Crippen molar-refractivity contribution in [2.75, 3.05) is 25.3 Å².